The highest BCUT2D eigenvalue weighted by Crippen LogP contribution is 2.39. The number of hydrogen-bond donors (Lipinski definition) is 1. The Bertz CT molecular complexity index is 522. The van der Waals surface area contributed by atoms with Crippen LogP contribution in [-0.2, 0) is 6.42 Å². The van der Waals surface area contributed by atoms with Crippen molar-refractivity contribution in [3.63, 3.8) is 0 Å². The van der Waals surface area contributed by atoms with Gasteiger partial charge in [0.25, 0.3) is 0 Å². The molecule has 0 saturated carbocycles. The van der Waals surface area contributed by atoms with Crippen LogP contribution < -0.4 is 5.73 Å². The second-order valence-corrected chi connectivity index (χ2v) is 5.14. The van der Waals surface area contributed by atoms with E-state index in [4.69, 9.17) is 5.73 Å². The first-order valence-electron chi connectivity index (χ1n) is 5.45. The second-order valence-electron chi connectivity index (χ2n) is 4.06. The van der Waals surface area contributed by atoms with Crippen LogP contribution in [0, 0.1) is 0 Å². The van der Waals surface area contributed by atoms with Crippen LogP contribution in [0.15, 0.2) is 58.3 Å². The molecule has 2 heteroatoms. The summed E-state index contributed by atoms with van der Waals surface area (Å²) in [6, 6.07) is 17.1. The molecule has 1 aliphatic rings. The molecule has 1 aliphatic heterocycles. The lowest BCUT2D eigenvalue weighted by Gasteiger charge is -2.11. The first-order chi connectivity index (χ1) is 7.84. The van der Waals surface area contributed by atoms with Gasteiger partial charge in [0.05, 0.1) is 0 Å². The molecule has 1 nitrogen and oxygen atoms in total. The highest BCUT2D eigenvalue weighted by atomic mass is 32.2. The predicted molar refractivity (Wildman–Crippen MR) is 67.6 cm³/mol. The highest BCUT2D eigenvalue weighted by Gasteiger charge is 2.18. The van der Waals surface area contributed by atoms with Gasteiger partial charge in [0.2, 0.25) is 0 Å². The van der Waals surface area contributed by atoms with Crippen LogP contribution >= 0.6 is 11.8 Å². The molecule has 1 heterocycles. The fourth-order valence-corrected chi connectivity index (χ4v) is 3.27. The van der Waals surface area contributed by atoms with Crippen molar-refractivity contribution >= 4 is 11.8 Å². The maximum absolute atomic E-state index is 6.25. The van der Waals surface area contributed by atoms with E-state index in [2.05, 4.69) is 48.5 Å². The van der Waals surface area contributed by atoms with Crippen molar-refractivity contribution in [2.24, 2.45) is 5.73 Å². The van der Waals surface area contributed by atoms with Gasteiger partial charge < -0.3 is 5.73 Å². The SMILES string of the molecule is NC1Cc2ccccc2Sc2ccccc21. The number of fused-ring (bicyclic) bond motifs is 2. The summed E-state index contributed by atoms with van der Waals surface area (Å²) >= 11 is 1.83. The monoisotopic (exact) mass is 227 g/mol. The van der Waals surface area contributed by atoms with Gasteiger partial charge in [-0.15, -0.1) is 0 Å². The van der Waals surface area contributed by atoms with Crippen LogP contribution in [0.25, 0.3) is 0 Å². The third-order valence-corrected chi connectivity index (χ3v) is 4.16. The lowest BCUT2D eigenvalue weighted by Crippen LogP contribution is -2.12. The number of benzene rings is 2. The molecule has 16 heavy (non-hydrogen) atoms. The molecule has 0 amide bonds. The molecule has 0 saturated heterocycles. The molecule has 0 spiro atoms. The molecule has 0 aliphatic carbocycles. The fraction of sp³-hybridized carbons (Fsp3) is 0.143. The van der Waals surface area contributed by atoms with Gasteiger partial charge in [0, 0.05) is 15.8 Å². The Balaban J connectivity index is 2.15. The zero-order valence-electron chi connectivity index (χ0n) is 8.89. The Hall–Kier alpha value is -1.25. The van der Waals surface area contributed by atoms with E-state index >= 15 is 0 Å². The maximum Gasteiger partial charge on any atom is 0.0347 e. The van der Waals surface area contributed by atoms with E-state index in [0.717, 1.165) is 6.42 Å². The van der Waals surface area contributed by atoms with E-state index in [1.54, 1.807) is 0 Å². The molecule has 2 aromatic carbocycles. The summed E-state index contributed by atoms with van der Waals surface area (Å²) in [6.45, 7) is 0. The predicted octanol–water partition coefficient (Wildman–Crippen LogP) is 3.39. The van der Waals surface area contributed by atoms with E-state index in [0.29, 0.717) is 0 Å². The smallest absolute Gasteiger partial charge is 0.0347 e. The quantitative estimate of drug-likeness (QED) is 0.746. The minimum atomic E-state index is 0.118. The van der Waals surface area contributed by atoms with Crippen LogP contribution in [0.3, 0.4) is 0 Å². The Morgan fingerprint density at radius 2 is 1.62 bits per heavy atom. The van der Waals surface area contributed by atoms with Crippen molar-refractivity contribution in [1.29, 1.82) is 0 Å². The van der Waals surface area contributed by atoms with Crippen molar-refractivity contribution in [2.75, 3.05) is 0 Å². The van der Waals surface area contributed by atoms with Crippen molar-refractivity contribution in [3.05, 3.63) is 59.7 Å². The topological polar surface area (TPSA) is 26.0 Å². The van der Waals surface area contributed by atoms with Crippen molar-refractivity contribution in [1.82, 2.24) is 0 Å². The highest BCUT2D eigenvalue weighted by molar-refractivity contribution is 7.99. The van der Waals surface area contributed by atoms with Gasteiger partial charge in [-0.3, -0.25) is 0 Å². The molecule has 0 bridgehead atoms. The average Bonchev–Trinajstić information content (AvgIpc) is 2.45. The van der Waals surface area contributed by atoms with Gasteiger partial charge in [0.15, 0.2) is 0 Å². The number of nitrogens with two attached hydrogens (primary N) is 1. The summed E-state index contributed by atoms with van der Waals surface area (Å²) in [6.07, 6.45) is 0.931. The molecular weight excluding hydrogens is 214 g/mol. The van der Waals surface area contributed by atoms with E-state index in [9.17, 15) is 0 Å². The number of rotatable bonds is 0. The molecule has 3 rings (SSSR count). The van der Waals surface area contributed by atoms with Crippen molar-refractivity contribution < 1.29 is 0 Å². The largest absolute Gasteiger partial charge is 0.324 e. The van der Waals surface area contributed by atoms with Gasteiger partial charge in [-0.25, -0.2) is 0 Å². The summed E-state index contributed by atoms with van der Waals surface area (Å²) < 4.78 is 0. The van der Waals surface area contributed by atoms with E-state index in [1.165, 1.54) is 20.9 Å². The number of hydrogen-bond acceptors (Lipinski definition) is 2. The van der Waals surface area contributed by atoms with Gasteiger partial charge in [-0.05, 0) is 29.7 Å². The third-order valence-electron chi connectivity index (χ3n) is 2.95. The van der Waals surface area contributed by atoms with E-state index < -0.39 is 0 Å². The van der Waals surface area contributed by atoms with Gasteiger partial charge in [-0.2, -0.15) is 0 Å². The van der Waals surface area contributed by atoms with Crippen LogP contribution in [0.1, 0.15) is 17.2 Å². The van der Waals surface area contributed by atoms with Crippen LogP contribution in [0.4, 0.5) is 0 Å². The minimum absolute atomic E-state index is 0.118. The Kier molecular flexibility index (Phi) is 2.46. The average molecular weight is 227 g/mol. The first kappa shape index (κ1) is 9.94. The standard InChI is InChI=1S/C14H13NS/c15-12-9-10-5-1-3-7-13(10)16-14-8-4-2-6-11(12)14/h1-8,12H,9,15H2. The molecule has 1 atom stereocenters. The zero-order chi connectivity index (χ0) is 11.0. The lowest BCUT2D eigenvalue weighted by atomic mass is 10.00. The second kappa shape index (κ2) is 3.96. The molecule has 0 fully saturated rings. The molecule has 1 unspecified atom stereocenters. The molecule has 80 valence electrons. The molecule has 0 radical (unpaired) electrons. The van der Waals surface area contributed by atoms with E-state index in [1.807, 2.05) is 11.8 Å². The van der Waals surface area contributed by atoms with Crippen molar-refractivity contribution in [2.45, 2.75) is 22.3 Å². The summed E-state index contributed by atoms with van der Waals surface area (Å²) in [4.78, 5) is 2.63. The first-order valence-corrected chi connectivity index (χ1v) is 6.26. The fourth-order valence-electron chi connectivity index (χ4n) is 2.12. The van der Waals surface area contributed by atoms with Crippen LogP contribution in [0.5, 0.6) is 0 Å². The van der Waals surface area contributed by atoms with Gasteiger partial charge >= 0.3 is 0 Å². The molecule has 0 aromatic heterocycles. The minimum Gasteiger partial charge on any atom is -0.324 e. The Morgan fingerprint density at radius 1 is 0.938 bits per heavy atom. The van der Waals surface area contributed by atoms with E-state index in [-0.39, 0.29) is 6.04 Å². The maximum atomic E-state index is 6.25. The normalized spacial score (nSPS) is 18.4. The van der Waals surface area contributed by atoms with Crippen molar-refractivity contribution in [3.8, 4) is 0 Å². The summed E-state index contributed by atoms with van der Waals surface area (Å²) in [5, 5.41) is 0. The zero-order valence-corrected chi connectivity index (χ0v) is 9.71. The van der Waals surface area contributed by atoms with Crippen LogP contribution in [-0.4, -0.2) is 0 Å². The van der Waals surface area contributed by atoms with Gasteiger partial charge in [-0.1, -0.05) is 48.2 Å². The summed E-state index contributed by atoms with van der Waals surface area (Å²) in [5.41, 5.74) is 8.87. The Morgan fingerprint density at radius 3 is 2.50 bits per heavy atom. The van der Waals surface area contributed by atoms with Crippen LogP contribution in [0.2, 0.25) is 0 Å². The molecule has 2 N–H and O–H groups in total. The summed E-state index contributed by atoms with van der Waals surface area (Å²) in [5.74, 6) is 0. The molecule has 2 aromatic rings. The molecular formula is C14H13NS. The summed E-state index contributed by atoms with van der Waals surface area (Å²) in [7, 11) is 0. The third kappa shape index (κ3) is 1.64. The van der Waals surface area contributed by atoms with Gasteiger partial charge in [0.1, 0.15) is 0 Å². The Labute approximate surface area is 99.7 Å². The lowest BCUT2D eigenvalue weighted by molar-refractivity contribution is 0.706.